The van der Waals surface area contributed by atoms with E-state index in [9.17, 15) is 13.9 Å². The van der Waals surface area contributed by atoms with E-state index < -0.39 is 32.0 Å². The van der Waals surface area contributed by atoms with Gasteiger partial charge in [-0.2, -0.15) is 10.2 Å². The smallest absolute Gasteiger partial charge is 0.372 e. The number of methoxy groups -OCH3 is 1. The summed E-state index contributed by atoms with van der Waals surface area (Å²) in [5.74, 6) is -0.0713. The van der Waals surface area contributed by atoms with E-state index in [0.29, 0.717) is 5.75 Å². The Hall–Kier alpha value is -1.41. The van der Waals surface area contributed by atoms with E-state index in [0.717, 1.165) is 0 Å². The summed E-state index contributed by atoms with van der Waals surface area (Å²) in [6, 6.07) is 5.55. The topological polar surface area (TPSA) is 122 Å². The average Bonchev–Trinajstić information content (AvgIpc) is 3.22. The Bertz CT molecular complexity index is 841. The first kappa shape index (κ1) is 25.8. The number of rotatable bonds is 13. The van der Waals surface area contributed by atoms with E-state index in [2.05, 4.69) is 10.2 Å². The van der Waals surface area contributed by atoms with Crippen LogP contribution in [0.2, 0.25) is 0 Å². The number of Topliss-reactive ketones (excluding diaryl/α,β-unsaturated/α-hetero) is 1. The molecule has 0 amide bonds. The quantitative estimate of drug-likeness (QED) is 0.278. The summed E-state index contributed by atoms with van der Waals surface area (Å²) >= 11 is 0. The molecular weight excluding hydrogens is 446 g/mol. The molecular formula is C19H30N2O8P2. The highest BCUT2D eigenvalue weighted by molar-refractivity contribution is 7.74. The molecule has 0 saturated heterocycles. The van der Waals surface area contributed by atoms with E-state index in [1.807, 2.05) is 0 Å². The number of benzene rings is 1. The Morgan fingerprint density at radius 2 is 1.45 bits per heavy atom. The van der Waals surface area contributed by atoms with Crippen LogP contribution in [0.5, 0.6) is 5.75 Å². The molecule has 174 valence electrons. The monoisotopic (exact) mass is 476 g/mol. The second-order valence-electron chi connectivity index (χ2n) is 6.44. The number of ether oxygens (including phenoxy) is 1. The SMILES string of the molecule is CCOP(=O)(OCC)C1(P(=O)(OCC)OCC)CC(C(=O)c2ccccc2OC)N=N1. The number of carbonyl (C=O) groups is 1. The van der Waals surface area contributed by atoms with Gasteiger partial charge in [-0.15, -0.1) is 0 Å². The fourth-order valence-electron chi connectivity index (χ4n) is 3.33. The number of hydrogen-bond donors (Lipinski definition) is 0. The van der Waals surface area contributed by atoms with Crippen molar-refractivity contribution in [2.24, 2.45) is 10.2 Å². The summed E-state index contributed by atoms with van der Waals surface area (Å²) in [7, 11) is -7.00. The minimum absolute atomic E-state index is 0.00206. The van der Waals surface area contributed by atoms with E-state index in [4.69, 9.17) is 22.8 Å². The first-order chi connectivity index (χ1) is 14.8. The molecule has 0 fully saturated rings. The summed E-state index contributed by atoms with van der Waals surface area (Å²) in [5.41, 5.74) is 0.273. The molecule has 1 aliphatic rings. The molecule has 1 aromatic rings. The van der Waals surface area contributed by atoms with E-state index >= 15 is 0 Å². The standard InChI is InChI=1S/C19H30N2O8P2/c1-6-26-30(23,27-7-2)19(31(24,28-8-3)29-9-4)14-16(20-21-19)18(22)15-12-10-11-13-17(15)25-5/h10-13,16H,6-9,14H2,1-5H3. The van der Waals surface area contributed by atoms with Gasteiger partial charge < -0.3 is 22.8 Å². The fraction of sp³-hybridized carbons (Fsp3) is 0.632. The van der Waals surface area contributed by atoms with Crippen LogP contribution < -0.4 is 4.74 Å². The zero-order chi connectivity index (χ0) is 23.1. The second-order valence-corrected chi connectivity index (χ2v) is 11.3. The molecule has 2 rings (SSSR count). The van der Waals surface area contributed by atoms with Crippen LogP contribution in [0.4, 0.5) is 0 Å². The number of ketones is 1. The molecule has 0 N–H and O–H groups in total. The molecule has 0 saturated carbocycles. The fourth-order valence-corrected chi connectivity index (χ4v) is 8.67. The number of hydrogen-bond acceptors (Lipinski definition) is 10. The van der Waals surface area contributed by atoms with Crippen LogP contribution in [0, 0.1) is 0 Å². The Morgan fingerprint density at radius 3 is 1.90 bits per heavy atom. The number of carbonyl (C=O) groups excluding carboxylic acids is 1. The highest BCUT2D eigenvalue weighted by Crippen LogP contribution is 2.81. The van der Waals surface area contributed by atoms with Crippen LogP contribution in [-0.2, 0) is 27.2 Å². The predicted molar refractivity (Wildman–Crippen MR) is 115 cm³/mol. The van der Waals surface area contributed by atoms with Crippen molar-refractivity contribution in [2.75, 3.05) is 33.5 Å². The van der Waals surface area contributed by atoms with Crippen molar-refractivity contribution in [1.29, 1.82) is 0 Å². The third-order valence-electron chi connectivity index (χ3n) is 4.57. The molecule has 10 nitrogen and oxygen atoms in total. The molecule has 0 bridgehead atoms. The largest absolute Gasteiger partial charge is 0.496 e. The first-order valence-corrected chi connectivity index (χ1v) is 13.2. The van der Waals surface area contributed by atoms with Crippen LogP contribution in [-0.4, -0.2) is 50.4 Å². The Labute approximate surface area is 182 Å². The van der Waals surface area contributed by atoms with Gasteiger partial charge in [0.05, 0.1) is 39.1 Å². The first-order valence-electron chi connectivity index (χ1n) is 10.2. The lowest BCUT2D eigenvalue weighted by Crippen LogP contribution is -2.33. The second kappa shape index (κ2) is 10.9. The summed E-state index contributed by atoms with van der Waals surface area (Å²) in [6.07, 6.45) is -0.321. The third-order valence-corrected chi connectivity index (χ3v) is 10.7. The zero-order valence-corrected chi connectivity index (χ0v) is 20.3. The molecule has 1 heterocycles. The van der Waals surface area contributed by atoms with Crippen molar-refractivity contribution in [3.63, 3.8) is 0 Å². The van der Waals surface area contributed by atoms with Crippen molar-refractivity contribution < 1.29 is 36.8 Å². The van der Waals surface area contributed by atoms with Crippen LogP contribution in [0.3, 0.4) is 0 Å². The highest BCUT2D eigenvalue weighted by atomic mass is 31.2. The van der Waals surface area contributed by atoms with E-state index in [1.165, 1.54) is 7.11 Å². The lowest BCUT2D eigenvalue weighted by Gasteiger charge is -2.36. The van der Waals surface area contributed by atoms with Crippen molar-refractivity contribution >= 4 is 21.0 Å². The third kappa shape index (κ3) is 4.85. The molecule has 1 unspecified atom stereocenters. The lowest BCUT2D eigenvalue weighted by molar-refractivity contribution is 0.0957. The van der Waals surface area contributed by atoms with Crippen molar-refractivity contribution in [1.82, 2.24) is 0 Å². The summed E-state index contributed by atoms with van der Waals surface area (Å²) in [4.78, 5) is 13.2. The maximum Gasteiger partial charge on any atom is 0.372 e. The maximum absolute atomic E-state index is 13.9. The van der Waals surface area contributed by atoms with Gasteiger partial charge in [-0.05, 0) is 39.8 Å². The number of para-hydroxylation sites is 1. The predicted octanol–water partition coefficient (Wildman–Crippen LogP) is 5.29. The number of nitrogens with zero attached hydrogens (tertiary/aromatic N) is 2. The van der Waals surface area contributed by atoms with Gasteiger partial charge in [0.15, 0.2) is 5.78 Å². The van der Waals surface area contributed by atoms with Gasteiger partial charge in [-0.3, -0.25) is 13.9 Å². The Kier molecular flexibility index (Phi) is 9.13. The minimum atomic E-state index is -4.22. The van der Waals surface area contributed by atoms with Crippen molar-refractivity contribution in [3.05, 3.63) is 29.8 Å². The highest BCUT2D eigenvalue weighted by Gasteiger charge is 2.69. The number of azo groups is 1. The van der Waals surface area contributed by atoms with Gasteiger partial charge in [0.2, 0.25) is 0 Å². The molecule has 0 radical (unpaired) electrons. The van der Waals surface area contributed by atoms with Gasteiger partial charge in [0.1, 0.15) is 11.8 Å². The van der Waals surface area contributed by atoms with E-state index in [1.54, 1.807) is 52.0 Å². The van der Waals surface area contributed by atoms with Crippen LogP contribution in [0.25, 0.3) is 0 Å². The van der Waals surface area contributed by atoms with Gasteiger partial charge in [-0.1, -0.05) is 12.1 Å². The molecule has 0 aliphatic carbocycles. The van der Waals surface area contributed by atoms with Gasteiger partial charge in [0.25, 0.3) is 5.02 Å². The summed E-state index contributed by atoms with van der Waals surface area (Å²) in [6.45, 7) is 6.47. The zero-order valence-electron chi connectivity index (χ0n) is 18.5. The molecule has 1 aliphatic heterocycles. The van der Waals surface area contributed by atoms with Crippen LogP contribution in [0.15, 0.2) is 34.5 Å². The van der Waals surface area contributed by atoms with Crippen molar-refractivity contribution in [3.8, 4) is 5.75 Å². The van der Waals surface area contributed by atoms with Gasteiger partial charge in [0, 0.05) is 6.42 Å². The van der Waals surface area contributed by atoms with Crippen molar-refractivity contribution in [2.45, 2.75) is 45.2 Å². The Morgan fingerprint density at radius 1 is 0.968 bits per heavy atom. The van der Waals surface area contributed by atoms with Crippen LogP contribution in [0.1, 0.15) is 44.5 Å². The van der Waals surface area contributed by atoms with Gasteiger partial charge in [-0.25, -0.2) is 0 Å². The normalized spacial score (nSPS) is 18.3. The lowest BCUT2D eigenvalue weighted by atomic mass is 10.0. The molecule has 1 atom stereocenters. The van der Waals surface area contributed by atoms with E-state index in [-0.39, 0.29) is 38.4 Å². The van der Waals surface area contributed by atoms with Crippen LogP contribution >= 0.6 is 15.2 Å². The summed E-state index contributed by atoms with van der Waals surface area (Å²) in [5, 5.41) is 6.07. The van der Waals surface area contributed by atoms with Gasteiger partial charge >= 0.3 is 15.2 Å². The maximum atomic E-state index is 13.9. The molecule has 0 spiro atoms. The molecule has 0 aromatic heterocycles. The minimum Gasteiger partial charge on any atom is -0.496 e. The average molecular weight is 476 g/mol. The molecule has 1 aromatic carbocycles. The molecule has 31 heavy (non-hydrogen) atoms. The Balaban J connectivity index is 2.58. The molecule has 12 heteroatoms. The summed E-state index contributed by atoms with van der Waals surface area (Å²) < 4.78 is 55.0.